The van der Waals surface area contributed by atoms with Gasteiger partial charge in [-0.05, 0) is 33.2 Å². The van der Waals surface area contributed by atoms with Crippen LogP contribution in [0.2, 0.25) is 0 Å². The standard InChI is InChI=1S/C19H28F2N6S/c1-6-22-18(23-10-13-12-28-19(25-13)27(4)5)24-11-16(26(2)3)17-14(20)8-7-9-15(17)21/h7-9,12,16H,6,10-11H2,1-5H3,(H2,22,23,24). The van der Waals surface area contributed by atoms with E-state index in [1.165, 1.54) is 18.2 Å². The van der Waals surface area contributed by atoms with Crippen molar-refractivity contribution >= 4 is 22.4 Å². The molecule has 0 aliphatic carbocycles. The number of benzene rings is 1. The average molecular weight is 411 g/mol. The fraction of sp³-hybridized carbons (Fsp3) is 0.474. The first kappa shape index (κ1) is 22.0. The van der Waals surface area contributed by atoms with E-state index in [0.717, 1.165) is 10.8 Å². The number of aromatic nitrogens is 1. The van der Waals surface area contributed by atoms with Crippen LogP contribution >= 0.6 is 11.3 Å². The molecule has 6 nitrogen and oxygen atoms in total. The van der Waals surface area contributed by atoms with Gasteiger partial charge in [0.05, 0.1) is 18.3 Å². The summed E-state index contributed by atoms with van der Waals surface area (Å²) in [6, 6.07) is 3.44. The number of halogens is 2. The zero-order valence-electron chi connectivity index (χ0n) is 17.0. The maximum absolute atomic E-state index is 14.2. The molecule has 0 aliphatic heterocycles. The maximum atomic E-state index is 14.2. The number of guanidine groups is 1. The van der Waals surface area contributed by atoms with Crippen LogP contribution in [-0.2, 0) is 6.54 Å². The Morgan fingerprint density at radius 3 is 2.39 bits per heavy atom. The van der Waals surface area contributed by atoms with Gasteiger partial charge in [0, 0.05) is 38.1 Å². The van der Waals surface area contributed by atoms with Crippen LogP contribution in [0, 0.1) is 11.6 Å². The lowest BCUT2D eigenvalue weighted by Gasteiger charge is -2.26. The lowest BCUT2D eigenvalue weighted by atomic mass is 10.0. The summed E-state index contributed by atoms with van der Waals surface area (Å²) in [5, 5.41) is 9.23. The zero-order valence-corrected chi connectivity index (χ0v) is 17.8. The number of hydrogen-bond acceptors (Lipinski definition) is 5. The van der Waals surface area contributed by atoms with E-state index >= 15 is 0 Å². The van der Waals surface area contributed by atoms with Gasteiger partial charge < -0.3 is 20.4 Å². The van der Waals surface area contributed by atoms with Gasteiger partial charge in [-0.3, -0.25) is 0 Å². The normalized spacial score (nSPS) is 12.9. The number of aliphatic imine (C=N–C) groups is 1. The van der Waals surface area contributed by atoms with E-state index in [9.17, 15) is 8.78 Å². The average Bonchev–Trinajstić information content (AvgIpc) is 3.11. The largest absolute Gasteiger partial charge is 0.357 e. The van der Waals surface area contributed by atoms with Gasteiger partial charge in [-0.2, -0.15) is 0 Å². The molecule has 0 bridgehead atoms. The third kappa shape index (κ3) is 5.87. The van der Waals surface area contributed by atoms with Crippen molar-refractivity contribution in [2.24, 2.45) is 4.99 Å². The maximum Gasteiger partial charge on any atom is 0.191 e. The summed E-state index contributed by atoms with van der Waals surface area (Å²) in [4.78, 5) is 12.8. The summed E-state index contributed by atoms with van der Waals surface area (Å²) in [5.41, 5.74) is 0.918. The van der Waals surface area contributed by atoms with Gasteiger partial charge in [0.15, 0.2) is 11.1 Å². The number of likely N-dealkylation sites (N-methyl/N-ethyl adjacent to an activating group) is 1. The Bertz CT molecular complexity index is 770. The van der Waals surface area contributed by atoms with E-state index in [2.05, 4.69) is 20.6 Å². The minimum absolute atomic E-state index is 0.0472. The summed E-state index contributed by atoms with van der Waals surface area (Å²) in [5.74, 6) is -0.534. The monoisotopic (exact) mass is 410 g/mol. The van der Waals surface area contributed by atoms with Crippen LogP contribution < -0.4 is 15.5 Å². The minimum Gasteiger partial charge on any atom is -0.357 e. The van der Waals surface area contributed by atoms with Crippen LogP contribution in [-0.4, -0.2) is 57.1 Å². The Morgan fingerprint density at radius 1 is 1.18 bits per heavy atom. The van der Waals surface area contributed by atoms with Gasteiger partial charge in [-0.1, -0.05) is 6.07 Å². The van der Waals surface area contributed by atoms with Crippen molar-refractivity contribution < 1.29 is 8.78 Å². The topological polar surface area (TPSA) is 55.8 Å². The smallest absolute Gasteiger partial charge is 0.191 e. The lowest BCUT2D eigenvalue weighted by Crippen LogP contribution is -2.42. The molecule has 0 saturated heterocycles. The van der Waals surface area contributed by atoms with Crippen LogP contribution in [0.15, 0.2) is 28.6 Å². The van der Waals surface area contributed by atoms with E-state index < -0.39 is 17.7 Å². The van der Waals surface area contributed by atoms with Crippen molar-refractivity contribution in [2.75, 3.05) is 46.2 Å². The highest BCUT2D eigenvalue weighted by atomic mass is 32.1. The number of thiazole rings is 1. The molecule has 1 unspecified atom stereocenters. The summed E-state index contributed by atoms with van der Waals surface area (Å²) < 4.78 is 28.4. The molecule has 9 heteroatoms. The first-order chi connectivity index (χ1) is 13.3. The van der Waals surface area contributed by atoms with Gasteiger partial charge >= 0.3 is 0 Å². The SMILES string of the molecule is CCNC(=NCc1csc(N(C)C)n1)NCC(c1c(F)cccc1F)N(C)C. The molecule has 2 N–H and O–H groups in total. The first-order valence-electron chi connectivity index (χ1n) is 9.07. The second-order valence-electron chi connectivity index (χ2n) is 6.71. The van der Waals surface area contributed by atoms with Crippen molar-refractivity contribution in [3.05, 3.63) is 46.5 Å². The highest BCUT2D eigenvalue weighted by Crippen LogP contribution is 2.24. The molecule has 0 saturated carbocycles. The molecular weight excluding hydrogens is 382 g/mol. The third-order valence-electron chi connectivity index (χ3n) is 4.08. The molecule has 1 heterocycles. The summed E-state index contributed by atoms with van der Waals surface area (Å²) in [6.07, 6.45) is 0. The molecule has 1 aromatic carbocycles. The predicted octanol–water partition coefficient (Wildman–Crippen LogP) is 2.85. The number of hydrogen-bond donors (Lipinski definition) is 2. The van der Waals surface area contributed by atoms with Crippen molar-refractivity contribution in [1.82, 2.24) is 20.5 Å². The summed E-state index contributed by atoms with van der Waals surface area (Å²) in [7, 11) is 7.47. The first-order valence-corrected chi connectivity index (χ1v) is 9.95. The molecule has 154 valence electrons. The van der Waals surface area contributed by atoms with Gasteiger partial charge in [-0.25, -0.2) is 18.8 Å². The number of anilines is 1. The van der Waals surface area contributed by atoms with E-state index in [1.54, 1.807) is 30.3 Å². The van der Waals surface area contributed by atoms with Crippen LogP contribution in [0.1, 0.15) is 24.2 Å². The molecule has 0 spiro atoms. The zero-order chi connectivity index (χ0) is 20.7. The highest BCUT2D eigenvalue weighted by molar-refractivity contribution is 7.13. The van der Waals surface area contributed by atoms with Crippen molar-refractivity contribution in [3.63, 3.8) is 0 Å². The van der Waals surface area contributed by atoms with Crippen LogP contribution in [0.3, 0.4) is 0 Å². The number of nitrogens with zero attached hydrogens (tertiary/aromatic N) is 4. The van der Waals surface area contributed by atoms with E-state index in [0.29, 0.717) is 25.6 Å². The molecule has 1 aromatic heterocycles. The van der Waals surface area contributed by atoms with Crippen LogP contribution in [0.25, 0.3) is 0 Å². The Balaban J connectivity index is 2.11. The molecule has 0 amide bonds. The Morgan fingerprint density at radius 2 is 1.86 bits per heavy atom. The molecule has 0 aliphatic rings. The predicted molar refractivity (Wildman–Crippen MR) is 112 cm³/mol. The second-order valence-corrected chi connectivity index (χ2v) is 7.54. The molecule has 0 fully saturated rings. The quantitative estimate of drug-likeness (QED) is 0.518. The van der Waals surface area contributed by atoms with E-state index in [-0.39, 0.29) is 5.56 Å². The molecule has 2 rings (SSSR count). The fourth-order valence-electron chi connectivity index (χ4n) is 2.64. The molecular formula is C19H28F2N6S. The molecule has 1 atom stereocenters. The van der Waals surface area contributed by atoms with Crippen LogP contribution in [0.5, 0.6) is 0 Å². The number of rotatable bonds is 8. The minimum atomic E-state index is -0.555. The van der Waals surface area contributed by atoms with Crippen molar-refractivity contribution in [3.8, 4) is 0 Å². The Labute approximate surface area is 169 Å². The summed E-state index contributed by atoms with van der Waals surface area (Å²) in [6.45, 7) is 3.35. The van der Waals surface area contributed by atoms with Gasteiger partial charge in [0.2, 0.25) is 0 Å². The Kier molecular flexibility index (Phi) is 8.13. The van der Waals surface area contributed by atoms with Gasteiger partial charge in [-0.15, -0.1) is 11.3 Å². The third-order valence-corrected chi connectivity index (χ3v) is 5.14. The molecule has 2 aromatic rings. The van der Waals surface area contributed by atoms with Gasteiger partial charge in [0.25, 0.3) is 0 Å². The van der Waals surface area contributed by atoms with Gasteiger partial charge in [0.1, 0.15) is 11.6 Å². The highest BCUT2D eigenvalue weighted by Gasteiger charge is 2.22. The molecule has 0 radical (unpaired) electrons. The molecule has 28 heavy (non-hydrogen) atoms. The fourth-order valence-corrected chi connectivity index (χ4v) is 3.39. The summed E-state index contributed by atoms with van der Waals surface area (Å²) >= 11 is 1.56. The lowest BCUT2D eigenvalue weighted by molar-refractivity contribution is 0.282. The van der Waals surface area contributed by atoms with Crippen LogP contribution in [0.4, 0.5) is 13.9 Å². The van der Waals surface area contributed by atoms with Crippen molar-refractivity contribution in [2.45, 2.75) is 19.5 Å². The Hall–Kier alpha value is -2.26. The van der Waals surface area contributed by atoms with Crippen molar-refractivity contribution in [1.29, 1.82) is 0 Å². The number of nitrogens with one attached hydrogen (secondary N) is 2. The van der Waals surface area contributed by atoms with E-state index in [1.807, 2.05) is 31.3 Å². The van der Waals surface area contributed by atoms with E-state index in [4.69, 9.17) is 0 Å². The second kappa shape index (κ2) is 10.3.